The molecule has 0 fully saturated rings. The molecule has 0 saturated carbocycles. The van der Waals surface area contributed by atoms with Crippen LogP contribution in [0.15, 0.2) is 237 Å². The zero-order chi connectivity index (χ0) is 42.1. The number of hydrogen-bond donors (Lipinski definition) is 0. The van der Waals surface area contributed by atoms with Gasteiger partial charge in [0.1, 0.15) is 0 Å². The predicted octanol–water partition coefficient (Wildman–Crippen LogP) is 16.3. The quantitative estimate of drug-likeness (QED) is 0.155. The number of para-hydroxylation sites is 1. The van der Waals surface area contributed by atoms with Gasteiger partial charge in [0.2, 0.25) is 0 Å². The summed E-state index contributed by atoms with van der Waals surface area (Å²) in [6.45, 7) is 4.71. The maximum absolute atomic E-state index is 2.50. The van der Waals surface area contributed by atoms with E-state index in [1.54, 1.807) is 0 Å². The van der Waals surface area contributed by atoms with Crippen molar-refractivity contribution in [3.8, 4) is 44.5 Å². The standard InChI is InChI=1S/C62H45N/c1-61(2)56-28-16-14-26-52(56)54-39-36-49(41-58(54)61)63(47-23-10-5-11-24-47)48-34-30-43(31-35-48)51-37-32-42-18-12-13-25-50(42)60(51)44-33-38-55-53-27-15-17-29-57(53)62(59(55)40-44,45-19-6-3-7-20-45)46-21-8-4-9-22-46/h3-41H,1-2H3. The van der Waals surface area contributed by atoms with Crippen LogP contribution >= 0.6 is 0 Å². The maximum Gasteiger partial charge on any atom is 0.0713 e. The van der Waals surface area contributed by atoms with Crippen LogP contribution in [0.1, 0.15) is 47.2 Å². The molecular weight excluding hydrogens is 759 g/mol. The van der Waals surface area contributed by atoms with Gasteiger partial charge < -0.3 is 4.90 Å². The topological polar surface area (TPSA) is 3.24 Å². The van der Waals surface area contributed by atoms with Gasteiger partial charge >= 0.3 is 0 Å². The molecule has 0 radical (unpaired) electrons. The van der Waals surface area contributed by atoms with E-state index in [2.05, 4.69) is 255 Å². The van der Waals surface area contributed by atoms with E-state index < -0.39 is 5.41 Å². The van der Waals surface area contributed by atoms with Crippen molar-refractivity contribution in [1.29, 1.82) is 0 Å². The fraction of sp³-hybridized carbons (Fsp3) is 0.0645. The molecule has 12 rings (SSSR count). The first kappa shape index (κ1) is 37.1. The lowest BCUT2D eigenvalue weighted by Crippen LogP contribution is -2.28. The predicted molar refractivity (Wildman–Crippen MR) is 264 cm³/mol. The highest BCUT2D eigenvalue weighted by atomic mass is 15.1. The van der Waals surface area contributed by atoms with Gasteiger partial charge in [-0.25, -0.2) is 0 Å². The summed E-state index contributed by atoms with van der Waals surface area (Å²) in [5, 5.41) is 2.47. The van der Waals surface area contributed by atoms with Gasteiger partial charge in [0.25, 0.3) is 0 Å². The third kappa shape index (κ3) is 5.63. The number of hydrogen-bond acceptors (Lipinski definition) is 1. The zero-order valence-corrected chi connectivity index (χ0v) is 35.5. The van der Waals surface area contributed by atoms with Gasteiger partial charge in [-0.15, -0.1) is 0 Å². The largest absolute Gasteiger partial charge is 0.310 e. The van der Waals surface area contributed by atoms with Crippen molar-refractivity contribution in [3.05, 3.63) is 270 Å². The Kier molecular flexibility index (Phi) is 8.49. The summed E-state index contributed by atoms with van der Waals surface area (Å²) in [5.74, 6) is 0. The lowest BCUT2D eigenvalue weighted by Gasteiger charge is -2.34. The van der Waals surface area contributed by atoms with Crippen molar-refractivity contribution in [2.24, 2.45) is 0 Å². The van der Waals surface area contributed by atoms with Crippen LogP contribution in [0.25, 0.3) is 55.3 Å². The first-order chi connectivity index (χ1) is 31.0. The van der Waals surface area contributed by atoms with Gasteiger partial charge in [-0.05, 0) is 131 Å². The summed E-state index contributed by atoms with van der Waals surface area (Å²) in [5.41, 5.74) is 20.8. The monoisotopic (exact) mass is 803 g/mol. The molecule has 10 aromatic rings. The van der Waals surface area contributed by atoms with E-state index in [9.17, 15) is 0 Å². The minimum absolute atomic E-state index is 0.0944. The summed E-state index contributed by atoms with van der Waals surface area (Å²) in [4.78, 5) is 2.40. The molecule has 0 saturated heterocycles. The van der Waals surface area contributed by atoms with Gasteiger partial charge in [0, 0.05) is 22.5 Å². The lowest BCUT2D eigenvalue weighted by atomic mass is 9.67. The van der Waals surface area contributed by atoms with Gasteiger partial charge in [-0.2, -0.15) is 0 Å². The Morgan fingerprint density at radius 3 is 1.52 bits per heavy atom. The van der Waals surface area contributed by atoms with Crippen molar-refractivity contribution in [2.75, 3.05) is 4.90 Å². The third-order valence-corrected chi connectivity index (χ3v) is 14.0. The molecule has 298 valence electrons. The van der Waals surface area contributed by atoms with Crippen molar-refractivity contribution in [1.82, 2.24) is 0 Å². The molecule has 2 aliphatic rings. The van der Waals surface area contributed by atoms with Crippen LogP contribution in [-0.2, 0) is 10.8 Å². The summed E-state index contributed by atoms with van der Waals surface area (Å²) in [7, 11) is 0. The Morgan fingerprint density at radius 1 is 0.317 bits per heavy atom. The Hall–Kier alpha value is -7.74. The molecule has 0 heterocycles. The molecule has 2 aliphatic carbocycles. The van der Waals surface area contributed by atoms with Crippen LogP contribution in [0.2, 0.25) is 0 Å². The van der Waals surface area contributed by atoms with E-state index in [4.69, 9.17) is 0 Å². The Labute approximate surface area is 370 Å². The summed E-state index contributed by atoms with van der Waals surface area (Å²) >= 11 is 0. The van der Waals surface area contributed by atoms with Gasteiger partial charge in [-0.1, -0.05) is 208 Å². The Bertz CT molecular complexity index is 3310. The molecule has 0 amide bonds. The molecule has 0 aromatic heterocycles. The van der Waals surface area contributed by atoms with E-state index in [0.29, 0.717) is 0 Å². The second-order valence-corrected chi connectivity index (χ2v) is 17.6. The minimum atomic E-state index is -0.479. The molecule has 0 atom stereocenters. The molecule has 0 N–H and O–H groups in total. The number of benzene rings is 10. The van der Waals surface area contributed by atoms with E-state index in [1.807, 2.05) is 0 Å². The second-order valence-electron chi connectivity index (χ2n) is 17.6. The van der Waals surface area contributed by atoms with Crippen molar-refractivity contribution in [3.63, 3.8) is 0 Å². The van der Waals surface area contributed by atoms with Crippen LogP contribution in [0.4, 0.5) is 17.1 Å². The fourth-order valence-corrected chi connectivity index (χ4v) is 11.1. The van der Waals surface area contributed by atoms with E-state index in [0.717, 1.165) is 17.1 Å². The summed E-state index contributed by atoms with van der Waals surface area (Å²) < 4.78 is 0. The number of nitrogens with zero attached hydrogens (tertiary/aromatic N) is 1. The smallest absolute Gasteiger partial charge is 0.0713 e. The third-order valence-electron chi connectivity index (χ3n) is 14.0. The number of anilines is 3. The molecule has 1 heteroatoms. The first-order valence-electron chi connectivity index (χ1n) is 22.1. The Balaban J connectivity index is 1.02. The highest BCUT2D eigenvalue weighted by Gasteiger charge is 2.46. The van der Waals surface area contributed by atoms with E-state index in [-0.39, 0.29) is 5.41 Å². The van der Waals surface area contributed by atoms with E-state index in [1.165, 1.54) is 88.7 Å². The Morgan fingerprint density at radius 2 is 0.810 bits per heavy atom. The normalized spacial score (nSPS) is 13.8. The first-order valence-corrected chi connectivity index (χ1v) is 22.1. The molecule has 10 aromatic carbocycles. The van der Waals surface area contributed by atoms with Gasteiger partial charge in [0.15, 0.2) is 0 Å². The van der Waals surface area contributed by atoms with Gasteiger partial charge in [-0.3, -0.25) is 0 Å². The fourth-order valence-electron chi connectivity index (χ4n) is 11.1. The van der Waals surface area contributed by atoms with Crippen molar-refractivity contribution < 1.29 is 0 Å². The highest BCUT2D eigenvalue weighted by molar-refractivity contribution is 6.05. The van der Waals surface area contributed by atoms with Crippen molar-refractivity contribution in [2.45, 2.75) is 24.7 Å². The summed E-state index contributed by atoms with van der Waals surface area (Å²) in [6.07, 6.45) is 0. The highest BCUT2D eigenvalue weighted by Crippen LogP contribution is 2.57. The second kappa shape index (κ2) is 14.4. The molecule has 0 unspecified atom stereocenters. The molecule has 63 heavy (non-hydrogen) atoms. The molecule has 0 aliphatic heterocycles. The number of fused-ring (bicyclic) bond motifs is 7. The van der Waals surface area contributed by atoms with Crippen molar-refractivity contribution >= 4 is 27.8 Å². The van der Waals surface area contributed by atoms with Crippen LogP contribution in [0.5, 0.6) is 0 Å². The number of rotatable bonds is 7. The van der Waals surface area contributed by atoms with Crippen LogP contribution < -0.4 is 4.90 Å². The zero-order valence-electron chi connectivity index (χ0n) is 35.5. The SMILES string of the molecule is CC1(C)c2ccccc2-c2ccc(N(c3ccccc3)c3ccc(-c4ccc5ccccc5c4-c4ccc5c(c4)C(c4ccccc4)(c4ccccc4)c4ccccc4-5)cc3)cc21. The van der Waals surface area contributed by atoms with Gasteiger partial charge in [0.05, 0.1) is 5.41 Å². The van der Waals surface area contributed by atoms with E-state index >= 15 is 0 Å². The maximum atomic E-state index is 2.50. The van der Waals surface area contributed by atoms with Crippen LogP contribution in [0.3, 0.4) is 0 Å². The molecular formula is C62H45N. The molecule has 0 spiro atoms. The lowest BCUT2D eigenvalue weighted by molar-refractivity contribution is 0.660. The van der Waals surface area contributed by atoms with Crippen LogP contribution in [0, 0.1) is 0 Å². The van der Waals surface area contributed by atoms with Crippen LogP contribution in [-0.4, -0.2) is 0 Å². The average molecular weight is 804 g/mol. The minimum Gasteiger partial charge on any atom is -0.310 e. The summed E-state index contributed by atoms with van der Waals surface area (Å²) in [6, 6.07) is 87.8. The average Bonchev–Trinajstić information content (AvgIpc) is 3.77. The molecule has 0 bridgehead atoms. The molecule has 1 nitrogen and oxygen atoms in total.